The fraction of sp³-hybridized carbons (Fsp3) is 0.333. The van der Waals surface area contributed by atoms with Gasteiger partial charge in [0.05, 0.1) is 0 Å². The first-order chi connectivity index (χ1) is 10.0. The quantitative estimate of drug-likeness (QED) is 0.584. The minimum Gasteiger partial charge on any atom is -0.507 e. The molecule has 2 rings (SSSR count). The van der Waals surface area contributed by atoms with Crippen LogP contribution in [-0.2, 0) is 19.3 Å². The molecule has 2 aromatic carbocycles. The maximum absolute atomic E-state index is 10.3. The number of rotatable bonds is 4. The number of hydrogen-bond acceptors (Lipinski definition) is 3. The Bertz CT molecular complexity index is 660. The van der Waals surface area contributed by atoms with Crippen LogP contribution in [0.3, 0.4) is 0 Å². The van der Waals surface area contributed by atoms with Gasteiger partial charge in [-0.1, -0.05) is 39.0 Å². The molecule has 0 fully saturated rings. The van der Waals surface area contributed by atoms with Crippen LogP contribution in [0, 0.1) is 0 Å². The van der Waals surface area contributed by atoms with Gasteiger partial charge in [0.15, 0.2) is 11.5 Å². The normalized spacial score (nSPS) is 10.8. The lowest BCUT2D eigenvalue weighted by atomic mass is 9.88. The third-order valence-corrected chi connectivity index (χ3v) is 3.99. The van der Waals surface area contributed by atoms with Gasteiger partial charge in [0.2, 0.25) is 0 Å². The highest BCUT2D eigenvalue weighted by Crippen LogP contribution is 2.44. The fourth-order valence-corrected chi connectivity index (χ4v) is 2.96. The Morgan fingerprint density at radius 3 is 2.05 bits per heavy atom. The van der Waals surface area contributed by atoms with Crippen LogP contribution in [0.2, 0.25) is 0 Å². The van der Waals surface area contributed by atoms with Crippen molar-refractivity contribution in [1.29, 1.82) is 0 Å². The van der Waals surface area contributed by atoms with Gasteiger partial charge in [-0.05, 0) is 36.0 Å². The average Bonchev–Trinajstić information content (AvgIpc) is 2.49. The molecule has 0 aromatic heterocycles. The zero-order valence-electron chi connectivity index (χ0n) is 12.8. The minimum atomic E-state index is -0.280. The first kappa shape index (κ1) is 15.2. The molecule has 3 nitrogen and oxygen atoms in total. The van der Waals surface area contributed by atoms with E-state index in [4.69, 9.17) is 0 Å². The highest BCUT2D eigenvalue weighted by atomic mass is 16.3. The Hall–Kier alpha value is -2.16. The van der Waals surface area contributed by atoms with Crippen molar-refractivity contribution in [2.24, 2.45) is 0 Å². The van der Waals surface area contributed by atoms with E-state index in [1.54, 1.807) is 0 Å². The fourth-order valence-electron chi connectivity index (χ4n) is 2.96. The van der Waals surface area contributed by atoms with Crippen LogP contribution in [-0.4, -0.2) is 15.3 Å². The van der Waals surface area contributed by atoms with Gasteiger partial charge in [0, 0.05) is 17.2 Å². The van der Waals surface area contributed by atoms with Crippen LogP contribution in [0.25, 0.3) is 11.1 Å². The van der Waals surface area contributed by atoms with Gasteiger partial charge >= 0.3 is 0 Å². The summed E-state index contributed by atoms with van der Waals surface area (Å²) < 4.78 is 0. The summed E-state index contributed by atoms with van der Waals surface area (Å²) in [5, 5.41) is 30.1. The average molecular weight is 286 g/mol. The Labute approximate surface area is 125 Å². The van der Waals surface area contributed by atoms with Crippen LogP contribution in [0.5, 0.6) is 17.2 Å². The van der Waals surface area contributed by atoms with E-state index in [9.17, 15) is 15.3 Å². The minimum absolute atomic E-state index is 0.00473. The first-order valence-electron chi connectivity index (χ1n) is 7.42. The first-order valence-corrected chi connectivity index (χ1v) is 7.42. The second kappa shape index (κ2) is 6.08. The molecule has 112 valence electrons. The number of phenolic OH excluding ortho intramolecular Hbond substituents is 3. The molecule has 0 saturated carbocycles. The largest absolute Gasteiger partial charge is 0.507 e. The van der Waals surface area contributed by atoms with E-state index in [0.717, 1.165) is 18.4 Å². The lowest BCUT2D eigenvalue weighted by Gasteiger charge is -2.18. The molecule has 3 heteroatoms. The molecule has 0 spiro atoms. The summed E-state index contributed by atoms with van der Waals surface area (Å²) in [6, 6.07) is 7.23. The molecule has 0 radical (unpaired) electrons. The van der Waals surface area contributed by atoms with Gasteiger partial charge in [-0.2, -0.15) is 0 Å². The molecule has 0 aliphatic heterocycles. The number of aromatic hydroxyl groups is 3. The zero-order chi connectivity index (χ0) is 15.6. The van der Waals surface area contributed by atoms with Crippen molar-refractivity contribution in [2.75, 3.05) is 0 Å². The van der Waals surface area contributed by atoms with Crippen LogP contribution in [0.4, 0.5) is 0 Å². The molecule has 0 aliphatic carbocycles. The Kier molecular flexibility index (Phi) is 4.41. The van der Waals surface area contributed by atoms with Gasteiger partial charge in [0.25, 0.3) is 0 Å². The molecule has 0 bridgehead atoms. The van der Waals surface area contributed by atoms with E-state index in [1.807, 2.05) is 19.1 Å². The van der Waals surface area contributed by atoms with Crippen molar-refractivity contribution in [2.45, 2.75) is 40.0 Å². The number of aryl methyl sites for hydroxylation is 1. The number of benzene rings is 2. The molecule has 3 N–H and O–H groups in total. The number of hydrogen-bond donors (Lipinski definition) is 3. The summed E-state index contributed by atoms with van der Waals surface area (Å²) in [5.41, 5.74) is 4.55. The second-order valence-corrected chi connectivity index (χ2v) is 5.12. The van der Waals surface area contributed by atoms with E-state index >= 15 is 0 Å². The highest BCUT2D eigenvalue weighted by Gasteiger charge is 2.20. The van der Waals surface area contributed by atoms with Crippen LogP contribution in [0.1, 0.15) is 37.5 Å². The van der Waals surface area contributed by atoms with Crippen molar-refractivity contribution >= 4 is 0 Å². The third-order valence-electron chi connectivity index (χ3n) is 3.99. The second-order valence-electron chi connectivity index (χ2n) is 5.12. The molecule has 0 atom stereocenters. The van der Waals surface area contributed by atoms with Crippen LogP contribution < -0.4 is 0 Å². The summed E-state index contributed by atoms with van der Waals surface area (Å²) in [7, 11) is 0. The Balaban J connectivity index is 2.82. The predicted octanol–water partition coefficient (Wildman–Crippen LogP) is 4.16. The van der Waals surface area contributed by atoms with Crippen molar-refractivity contribution in [3.05, 3.63) is 41.0 Å². The van der Waals surface area contributed by atoms with E-state index in [-0.39, 0.29) is 17.2 Å². The lowest BCUT2D eigenvalue weighted by molar-refractivity contribution is 0.393. The smallest absolute Gasteiger partial charge is 0.161 e. The maximum atomic E-state index is 10.3. The van der Waals surface area contributed by atoms with Gasteiger partial charge in [-0.25, -0.2) is 0 Å². The molecule has 21 heavy (non-hydrogen) atoms. The molecule has 0 amide bonds. The third kappa shape index (κ3) is 2.56. The van der Waals surface area contributed by atoms with Crippen LogP contribution in [0.15, 0.2) is 24.3 Å². The number of phenols is 3. The van der Waals surface area contributed by atoms with Gasteiger partial charge < -0.3 is 15.3 Å². The summed E-state index contributed by atoms with van der Waals surface area (Å²) >= 11 is 0. The Morgan fingerprint density at radius 2 is 1.48 bits per heavy atom. The van der Waals surface area contributed by atoms with Gasteiger partial charge in [-0.3, -0.25) is 0 Å². The summed E-state index contributed by atoms with van der Waals surface area (Å²) in [6.07, 6.45) is 2.30. The monoisotopic (exact) mass is 286 g/mol. The molecule has 0 unspecified atom stereocenters. The zero-order valence-corrected chi connectivity index (χ0v) is 12.8. The molecule has 0 heterocycles. The van der Waals surface area contributed by atoms with E-state index in [1.165, 1.54) is 17.2 Å². The standard InChI is InChI=1S/C18H22O3/c1-4-11-8-7-9-14(12(11)5-2)17-13(6-3)18(21)16(20)10-15(17)19/h7-10,19-21H,4-6H2,1-3H3. The molecular weight excluding hydrogens is 264 g/mol. The molecular formula is C18H22O3. The predicted molar refractivity (Wildman–Crippen MR) is 85.0 cm³/mol. The topological polar surface area (TPSA) is 60.7 Å². The van der Waals surface area contributed by atoms with Crippen molar-refractivity contribution in [3.63, 3.8) is 0 Å². The molecule has 0 aliphatic rings. The summed E-state index contributed by atoms with van der Waals surface area (Å²) in [6.45, 7) is 6.08. The van der Waals surface area contributed by atoms with E-state index < -0.39 is 0 Å². The van der Waals surface area contributed by atoms with Crippen LogP contribution >= 0.6 is 0 Å². The van der Waals surface area contributed by atoms with E-state index in [0.29, 0.717) is 17.5 Å². The summed E-state index contributed by atoms with van der Waals surface area (Å²) in [4.78, 5) is 0. The van der Waals surface area contributed by atoms with E-state index in [2.05, 4.69) is 19.9 Å². The van der Waals surface area contributed by atoms with Crippen molar-refractivity contribution < 1.29 is 15.3 Å². The maximum Gasteiger partial charge on any atom is 0.161 e. The van der Waals surface area contributed by atoms with Crippen molar-refractivity contribution in [1.82, 2.24) is 0 Å². The highest BCUT2D eigenvalue weighted by molar-refractivity contribution is 5.81. The lowest BCUT2D eigenvalue weighted by Crippen LogP contribution is -1.98. The van der Waals surface area contributed by atoms with Gasteiger partial charge in [0.1, 0.15) is 5.75 Å². The summed E-state index contributed by atoms with van der Waals surface area (Å²) in [5.74, 6) is -0.419. The van der Waals surface area contributed by atoms with Crippen molar-refractivity contribution in [3.8, 4) is 28.4 Å². The molecule has 2 aromatic rings. The SMILES string of the molecule is CCc1cccc(-c2c(O)cc(O)c(O)c2CC)c1CC. The van der Waals surface area contributed by atoms with Gasteiger partial charge in [-0.15, -0.1) is 0 Å². The Morgan fingerprint density at radius 1 is 0.810 bits per heavy atom. The molecule has 0 saturated heterocycles.